The van der Waals surface area contributed by atoms with Crippen molar-refractivity contribution in [1.82, 2.24) is 5.32 Å². The minimum atomic E-state index is -0.799. The fraction of sp³-hybridized carbons (Fsp3) is 0.174. The number of imide groups is 2. The van der Waals surface area contributed by atoms with Gasteiger partial charge in [-0.2, -0.15) is 0 Å². The zero-order valence-corrected chi connectivity index (χ0v) is 18.7. The molecule has 0 aromatic heterocycles. The molecule has 3 rings (SSSR count). The number of aryl methyl sites for hydroxylation is 2. The molecule has 1 aliphatic rings. The van der Waals surface area contributed by atoms with Crippen molar-refractivity contribution in [3.8, 4) is 23.8 Å². The Labute approximate surface area is 188 Å². The second kappa shape index (κ2) is 9.06. The SMILES string of the molecule is C#CCOc1c(Br)cc(/C=C2\C(=O)NC(=O)N(c3ccc(C)c(C)c3)C2=O)cc1OC. The zero-order valence-electron chi connectivity index (χ0n) is 17.1. The molecule has 1 N–H and O–H groups in total. The minimum Gasteiger partial charge on any atom is -0.493 e. The van der Waals surface area contributed by atoms with Gasteiger partial charge in [0.1, 0.15) is 12.2 Å². The van der Waals surface area contributed by atoms with Crippen LogP contribution in [0.3, 0.4) is 0 Å². The number of methoxy groups -OCH3 is 1. The second-order valence-electron chi connectivity index (χ2n) is 6.75. The molecule has 1 aliphatic heterocycles. The van der Waals surface area contributed by atoms with Gasteiger partial charge < -0.3 is 9.47 Å². The topological polar surface area (TPSA) is 84.9 Å². The summed E-state index contributed by atoms with van der Waals surface area (Å²) in [5, 5.41) is 2.21. The molecular formula is C23H19BrN2O5. The minimum absolute atomic E-state index is 0.0450. The van der Waals surface area contributed by atoms with Crippen LogP contribution in [-0.2, 0) is 9.59 Å². The van der Waals surface area contributed by atoms with Crippen LogP contribution in [0.2, 0.25) is 0 Å². The van der Waals surface area contributed by atoms with E-state index < -0.39 is 17.8 Å². The van der Waals surface area contributed by atoms with Gasteiger partial charge in [-0.15, -0.1) is 6.42 Å². The Morgan fingerprint density at radius 1 is 1.16 bits per heavy atom. The number of carbonyl (C=O) groups is 3. The third-order valence-electron chi connectivity index (χ3n) is 4.71. The lowest BCUT2D eigenvalue weighted by Crippen LogP contribution is -2.54. The summed E-state index contributed by atoms with van der Waals surface area (Å²) in [6.07, 6.45) is 6.62. The quantitative estimate of drug-likeness (QED) is 0.398. The first kappa shape index (κ1) is 22.1. The molecule has 1 saturated heterocycles. The van der Waals surface area contributed by atoms with Gasteiger partial charge in [-0.1, -0.05) is 12.0 Å². The van der Waals surface area contributed by atoms with Crippen LogP contribution >= 0.6 is 15.9 Å². The summed E-state index contributed by atoms with van der Waals surface area (Å²) in [4.78, 5) is 38.8. The lowest BCUT2D eigenvalue weighted by atomic mass is 10.0. The molecule has 31 heavy (non-hydrogen) atoms. The van der Waals surface area contributed by atoms with Gasteiger partial charge in [-0.3, -0.25) is 14.9 Å². The molecule has 0 atom stereocenters. The molecule has 0 unspecified atom stereocenters. The van der Waals surface area contributed by atoms with E-state index in [1.807, 2.05) is 19.9 Å². The van der Waals surface area contributed by atoms with Gasteiger partial charge in [0.2, 0.25) is 0 Å². The van der Waals surface area contributed by atoms with Gasteiger partial charge in [0, 0.05) is 0 Å². The summed E-state index contributed by atoms with van der Waals surface area (Å²) in [5.41, 5.74) is 2.61. The number of urea groups is 1. The number of nitrogens with zero attached hydrogens (tertiary/aromatic N) is 1. The number of benzene rings is 2. The number of terminal acetylenes is 1. The first-order chi connectivity index (χ1) is 14.8. The summed E-state index contributed by atoms with van der Waals surface area (Å²) in [5.74, 6) is 1.63. The molecule has 0 aliphatic carbocycles. The Hall–Kier alpha value is -3.57. The molecule has 0 spiro atoms. The highest BCUT2D eigenvalue weighted by atomic mass is 79.9. The maximum atomic E-state index is 13.1. The van der Waals surface area contributed by atoms with Crippen LogP contribution in [0.5, 0.6) is 11.5 Å². The van der Waals surface area contributed by atoms with Crippen LogP contribution in [0.25, 0.3) is 6.08 Å². The zero-order chi connectivity index (χ0) is 22.7. The highest BCUT2D eigenvalue weighted by molar-refractivity contribution is 9.10. The Bertz CT molecular complexity index is 1160. The van der Waals surface area contributed by atoms with Crippen LogP contribution in [0.1, 0.15) is 16.7 Å². The summed E-state index contributed by atoms with van der Waals surface area (Å²) in [6.45, 7) is 3.85. The van der Waals surface area contributed by atoms with E-state index in [0.29, 0.717) is 27.2 Å². The van der Waals surface area contributed by atoms with Gasteiger partial charge in [-0.05, 0) is 76.8 Å². The molecule has 0 saturated carbocycles. The molecule has 0 bridgehead atoms. The van der Waals surface area contributed by atoms with Crippen molar-refractivity contribution in [2.24, 2.45) is 0 Å². The molecule has 1 heterocycles. The summed E-state index contributed by atoms with van der Waals surface area (Å²) >= 11 is 3.38. The van der Waals surface area contributed by atoms with Gasteiger partial charge in [0.05, 0.1) is 17.3 Å². The third-order valence-corrected chi connectivity index (χ3v) is 5.30. The lowest BCUT2D eigenvalue weighted by molar-refractivity contribution is -0.122. The van der Waals surface area contributed by atoms with Crippen molar-refractivity contribution in [2.45, 2.75) is 13.8 Å². The van der Waals surface area contributed by atoms with Crippen molar-refractivity contribution in [2.75, 3.05) is 18.6 Å². The van der Waals surface area contributed by atoms with Crippen LogP contribution < -0.4 is 19.7 Å². The number of amides is 4. The summed E-state index contributed by atoms with van der Waals surface area (Å²) < 4.78 is 11.3. The molecule has 1 fully saturated rings. The van der Waals surface area contributed by atoms with Gasteiger partial charge in [0.15, 0.2) is 11.5 Å². The van der Waals surface area contributed by atoms with Gasteiger partial charge in [-0.25, -0.2) is 9.69 Å². The van der Waals surface area contributed by atoms with Crippen LogP contribution in [-0.4, -0.2) is 31.6 Å². The number of nitrogens with one attached hydrogen (secondary N) is 1. The van der Waals surface area contributed by atoms with E-state index in [4.69, 9.17) is 15.9 Å². The number of carbonyl (C=O) groups excluding carboxylic acids is 3. The van der Waals surface area contributed by atoms with Crippen molar-refractivity contribution in [1.29, 1.82) is 0 Å². The number of ether oxygens (including phenoxy) is 2. The Morgan fingerprint density at radius 3 is 2.55 bits per heavy atom. The summed E-state index contributed by atoms with van der Waals surface area (Å²) in [7, 11) is 1.46. The van der Waals surface area contributed by atoms with E-state index >= 15 is 0 Å². The van der Waals surface area contributed by atoms with E-state index in [1.165, 1.54) is 13.2 Å². The van der Waals surface area contributed by atoms with Crippen molar-refractivity contribution in [3.05, 3.63) is 57.1 Å². The Balaban J connectivity index is 2.03. The number of rotatable bonds is 5. The molecular weight excluding hydrogens is 464 g/mol. The van der Waals surface area contributed by atoms with Crippen LogP contribution in [0.4, 0.5) is 10.5 Å². The number of hydrogen-bond donors (Lipinski definition) is 1. The van der Waals surface area contributed by atoms with E-state index in [2.05, 4.69) is 27.2 Å². The number of barbiturate groups is 1. The molecule has 7 nitrogen and oxygen atoms in total. The van der Waals surface area contributed by atoms with E-state index in [0.717, 1.165) is 16.0 Å². The van der Waals surface area contributed by atoms with Crippen LogP contribution in [0.15, 0.2) is 40.4 Å². The molecule has 0 radical (unpaired) electrons. The fourth-order valence-electron chi connectivity index (χ4n) is 3.00. The highest BCUT2D eigenvalue weighted by Crippen LogP contribution is 2.37. The van der Waals surface area contributed by atoms with Crippen molar-refractivity contribution >= 4 is 45.5 Å². The first-order valence-electron chi connectivity index (χ1n) is 9.19. The predicted octanol–water partition coefficient (Wildman–Crippen LogP) is 3.75. The first-order valence-corrected chi connectivity index (χ1v) is 9.98. The fourth-order valence-corrected chi connectivity index (χ4v) is 3.57. The Kier molecular flexibility index (Phi) is 6.47. The standard InChI is InChI=1S/C23H19BrN2O5/c1-5-8-31-20-18(24)11-15(12-19(20)30-4)10-17-21(27)25-23(29)26(22(17)28)16-7-6-13(2)14(3)9-16/h1,6-7,9-12H,8H2,2-4H3,(H,25,27,29)/b17-10+. The lowest BCUT2D eigenvalue weighted by Gasteiger charge is -2.27. The second-order valence-corrected chi connectivity index (χ2v) is 7.61. The normalized spacial score (nSPS) is 15.0. The van der Waals surface area contributed by atoms with E-state index in [-0.39, 0.29) is 12.2 Å². The van der Waals surface area contributed by atoms with Crippen molar-refractivity contribution < 1.29 is 23.9 Å². The number of halogens is 1. The van der Waals surface area contributed by atoms with Crippen LogP contribution in [0, 0.1) is 26.2 Å². The smallest absolute Gasteiger partial charge is 0.335 e. The summed E-state index contributed by atoms with van der Waals surface area (Å²) in [6, 6.07) is 7.64. The maximum Gasteiger partial charge on any atom is 0.335 e. The molecule has 8 heteroatoms. The van der Waals surface area contributed by atoms with Gasteiger partial charge in [0.25, 0.3) is 11.8 Å². The predicted molar refractivity (Wildman–Crippen MR) is 120 cm³/mol. The molecule has 158 valence electrons. The average molecular weight is 483 g/mol. The van der Waals surface area contributed by atoms with Gasteiger partial charge >= 0.3 is 6.03 Å². The Morgan fingerprint density at radius 2 is 1.90 bits per heavy atom. The van der Waals surface area contributed by atoms with E-state index in [1.54, 1.807) is 24.3 Å². The third kappa shape index (κ3) is 4.47. The largest absolute Gasteiger partial charge is 0.493 e. The average Bonchev–Trinajstić information content (AvgIpc) is 2.72. The highest BCUT2D eigenvalue weighted by Gasteiger charge is 2.37. The monoisotopic (exact) mass is 482 g/mol. The number of hydrogen-bond acceptors (Lipinski definition) is 5. The van der Waals surface area contributed by atoms with E-state index in [9.17, 15) is 14.4 Å². The maximum absolute atomic E-state index is 13.1. The molecule has 2 aromatic carbocycles. The molecule has 4 amide bonds. The number of anilines is 1. The molecule has 2 aromatic rings. The van der Waals surface area contributed by atoms with Crippen molar-refractivity contribution in [3.63, 3.8) is 0 Å².